The molecule has 14 heavy (non-hydrogen) atoms. The summed E-state index contributed by atoms with van der Waals surface area (Å²) in [5.74, 6) is 1.56. The lowest BCUT2D eigenvalue weighted by molar-refractivity contribution is 0.0383. The Kier molecular flexibility index (Phi) is 5.49. The molecule has 0 aromatic heterocycles. The lowest BCUT2D eigenvalue weighted by Gasteiger charge is -2.30. The minimum atomic E-state index is 0.665. The Morgan fingerprint density at radius 3 is 2.64 bits per heavy atom. The fourth-order valence-electron chi connectivity index (χ4n) is 2.21. The molecular formula is C12H25NO. The second-order valence-electron chi connectivity index (χ2n) is 4.84. The largest absolute Gasteiger partial charge is 0.381 e. The van der Waals surface area contributed by atoms with E-state index in [4.69, 9.17) is 4.74 Å². The first-order valence-electron chi connectivity index (χ1n) is 5.99. The maximum atomic E-state index is 5.53. The maximum absolute atomic E-state index is 5.53. The molecule has 1 rings (SSSR count). The molecule has 0 radical (unpaired) electrons. The molecule has 0 amide bonds. The Balaban J connectivity index is 2.28. The molecule has 0 aromatic rings. The van der Waals surface area contributed by atoms with Crippen LogP contribution in [0, 0.1) is 11.8 Å². The fraction of sp³-hybridized carbons (Fsp3) is 1.00. The molecule has 0 spiro atoms. The molecule has 0 aromatic carbocycles. The molecule has 0 aliphatic carbocycles. The van der Waals surface area contributed by atoms with Gasteiger partial charge < -0.3 is 10.1 Å². The van der Waals surface area contributed by atoms with Gasteiger partial charge in [0, 0.05) is 12.6 Å². The van der Waals surface area contributed by atoms with Crippen LogP contribution in [0.1, 0.15) is 39.5 Å². The summed E-state index contributed by atoms with van der Waals surface area (Å²) in [5, 5.41) is 3.45. The first kappa shape index (κ1) is 12.0. The highest BCUT2D eigenvalue weighted by atomic mass is 16.5. The highest BCUT2D eigenvalue weighted by molar-refractivity contribution is 4.77. The molecule has 1 saturated heterocycles. The van der Waals surface area contributed by atoms with Crippen molar-refractivity contribution in [3.05, 3.63) is 0 Å². The molecule has 1 fully saturated rings. The first-order valence-corrected chi connectivity index (χ1v) is 5.99. The number of hydrogen-bond acceptors (Lipinski definition) is 2. The summed E-state index contributed by atoms with van der Waals surface area (Å²) in [6, 6.07) is 0.665. The summed E-state index contributed by atoms with van der Waals surface area (Å²) < 4.78 is 5.53. The van der Waals surface area contributed by atoms with Crippen LogP contribution in [-0.2, 0) is 4.74 Å². The van der Waals surface area contributed by atoms with Crippen LogP contribution in [0.3, 0.4) is 0 Å². The molecular weight excluding hydrogens is 174 g/mol. The van der Waals surface area contributed by atoms with Gasteiger partial charge in [0.05, 0.1) is 6.61 Å². The number of rotatable bonds is 5. The van der Waals surface area contributed by atoms with Gasteiger partial charge in [-0.1, -0.05) is 13.8 Å². The first-order chi connectivity index (χ1) is 6.74. The average Bonchev–Trinajstić information content (AvgIpc) is 2.20. The fourth-order valence-corrected chi connectivity index (χ4v) is 2.21. The van der Waals surface area contributed by atoms with E-state index in [0.717, 1.165) is 25.0 Å². The Labute approximate surface area is 88.4 Å². The molecule has 84 valence electrons. The monoisotopic (exact) mass is 199 g/mol. The molecule has 0 saturated carbocycles. The summed E-state index contributed by atoms with van der Waals surface area (Å²) in [5.41, 5.74) is 0. The van der Waals surface area contributed by atoms with Gasteiger partial charge in [-0.05, 0) is 44.6 Å². The third kappa shape index (κ3) is 3.97. The molecule has 1 heterocycles. The molecule has 2 heteroatoms. The van der Waals surface area contributed by atoms with E-state index < -0.39 is 0 Å². The zero-order chi connectivity index (χ0) is 10.4. The van der Waals surface area contributed by atoms with Crippen molar-refractivity contribution in [1.29, 1.82) is 0 Å². The molecule has 1 N–H and O–H groups in total. The van der Waals surface area contributed by atoms with Crippen molar-refractivity contribution >= 4 is 0 Å². The topological polar surface area (TPSA) is 21.3 Å². The highest BCUT2D eigenvalue weighted by Gasteiger charge is 2.22. The van der Waals surface area contributed by atoms with Crippen LogP contribution in [0.4, 0.5) is 0 Å². The van der Waals surface area contributed by atoms with E-state index >= 15 is 0 Å². The lowest BCUT2D eigenvalue weighted by atomic mass is 9.89. The van der Waals surface area contributed by atoms with Crippen molar-refractivity contribution in [3.8, 4) is 0 Å². The van der Waals surface area contributed by atoms with Crippen molar-refractivity contribution in [2.75, 3.05) is 20.3 Å². The Morgan fingerprint density at radius 1 is 1.36 bits per heavy atom. The van der Waals surface area contributed by atoms with Gasteiger partial charge in [-0.2, -0.15) is 0 Å². The van der Waals surface area contributed by atoms with Crippen LogP contribution in [0.25, 0.3) is 0 Å². The quantitative estimate of drug-likeness (QED) is 0.734. The third-order valence-electron chi connectivity index (χ3n) is 3.19. The molecule has 0 bridgehead atoms. The zero-order valence-corrected chi connectivity index (χ0v) is 9.88. The summed E-state index contributed by atoms with van der Waals surface area (Å²) in [6.07, 6.45) is 5.19. The summed E-state index contributed by atoms with van der Waals surface area (Å²) >= 11 is 0. The Hall–Kier alpha value is -0.0800. The highest BCUT2D eigenvalue weighted by Crippen LogP contribution is 2.21. The van der Waals surface area contributed by atoms with Crippen LogP contribution in [0.5, 0.6) is 0 Å². The van der Waals surface area contributed by atoms with Gasteiger partial charge in [-0.3, -0.25) is 0 Å². The maximum Gasteiger partial charge on any atom is 0.0509 e. The average molecular weight is 199 g/mol. The SMILES string of the molecule is CNC(CCC(C)C)C1CCCOC1. The Morgan fingerprint density at radius 2 is 2.14 bits per heavy atom. The van der Waals surface area contributed by atoms with E-state index in [-0.39, 0.29) is 0 Å². The van der Waals surface area contributed by atoms with Crippen LogP contribution in [-0.4, -0.2) is 26.3 Å². The van der Waals surface area contributed by atoms with Gasteiger partial charge >= 0.3 is 0 Å². The second kappa shape index (κ2) is 6.41. The summed E-state index contributed by atoms with van der Waals surface area (Å²) in [4.78, 5) is 0. The van der Waals surface area contributed by atoms with Gasteiger partial charge in [0.25, 0.3) is 0 Å². The lowest BCUT2D eigenvalue weighted by Crippen LogP contribution is -2.38. The van der Waals surface area contributed by atoms with Gasteiger partial charge in [0.1, 0.15) is 0 Å². The number of nitrogens with one attached hydrogen (secondary N) is 1. The normalized spacial score (nSPS) is 25.3. The van der Waals surface area contributed by atoms with Gasteiger partial charge in [0.15, 0.2) is 0 Å². The summed E-state index contributed by atoms with van der Waals surface area (Å²) in [7, 11) is 2.08. The van der Waals surface area contributed by atoms with E-state index in [2.05, 4.69) is 26.2 Å². The predicted octanol–water partition coefficient (Wildman–Crippen LogP) is 2.44. The van der Waals surface area contributed by atoms with E-state index in [9.17, 15) is 0 Å². The van der Waals surface area contributed by atoms with Crippen LogP contribution in [0.15, 0.2) is 0 Å². The third-order valence-corrected chi connectivity index (χ3v) is 3.19. The Bertz CT molecular complexity index is 141. The van der Waals surface area contributed by atoms with E-state index in [1.54, 1.807) is 0 Å². The van der Waals surface area contributed by atoms with Crippen LogP contribution >= 0.6 is 0 Å². The van der Waals surface area contributed by atoms with Crippen molar-refractivity contribution < 1.29 is 4.74 Å². The molecule has 2 nitrogen and oxygen atoms in total. The van der Waals surface area contributed by atoms with Gasteiger partial charge in [-0.25, -0.2) is 0 Å². The standard InChI is InChI=1S/C12H25NO/c1-10(2)6-7-12(13-3)11-5-4-8-14-9-11/h10-13H,4-9H2,1-3H3. The second-order valence-corrected chi connectivity index (χ2v) is 4.84. The van der Waals surface area contributed by atoms with Gasteiger partial charge in [0.2, 0.25) is 0 Å². The van der Waals surface area contributed by atoms with Crippen molar-refractivity contribution in [1.82, 2.24) is 5.32 Å². The van der Waals surface area contributed by atoms with Gasteiger partial charge in [-0.15, -0.1) is 0 Å². The minimum Gasteiger partial charge on any atom is -0.381 e. The molecule has 1 aliphatic heterocycles. The number of ether oxygens (including phenoxy) is 1. The van der Waals surface area contributed by atoms with Crippen molar-refractivity contribution in [2.45, 2.75) is 45.6 Å². The van der Waals surface area contributed by atoms with E-state index in [1.807, 2.05) is 0 Å². The van der Waals surface area contributed by atoms with E-state index in [0.29, 0.717) is 6.04 Å². The minimum absolute atomic E-state index is 0.665. The van der Waals surface area contributed by atoms with Crippen LogP contribution < -0.4 is 5.32 Å². The molecule has 1 aliphatic rings. The predicted molar refractivity (Wildman–Crippen MR) is 60.5 cm³/mol. The molecule has 2 atom stereocenters. The zero-order valence-electron chi connectivity index (χ0n) is 9.88. The van der Waals surface area contributed by atoms with E-state index in [1.165, 1.54) is 25.7 Å². The smallest absolute Gasteiger partial charge is 0.0509 e. The number of hydrogen-bond donors (Lipinski definition) is 1. The summed E-state index contributed by atoms with van der Waals surface area (Å²) in [6.45, 7) is 6.52. The van der Waals surface area contributed by atoms with Crippen molar-refractivity contribution in [3.63, 3.8) is 0 Å². The van der Waals surface area contributed by atoms with Crippen molar-refractivity contribution in [2.24, 2.45) is 11.8 Å². The van der Waals surface area contributed by atoms with Crippen LogP contribution in [0.2, 0.25) is 0 Å². The molecule has 2 unspecified atom stereocenters.